The van der Waals surface area contributed by atoms with Gasteiger partial charge in [-0.25, -0.2) is 14.1 Å². The van der Waals surface area contributed by atoms with E-state index in [1.54, 1.807) is 17.1 Å². The smallest absolute Gasteiger partial charge is 0.244 e. The zero-order valence-electron chi connectivity index (χ0n) is 17.9. The van der Waals surface area contributed by atoms with E-state index in [2.05, 4.69) is 15.0 Å². The molecule has 0 bridgehead atoms. The van der Waals surface area contributed by atoms with Gasteiger partial charge in [0.05, 0.1) is 17.3 Å². The number of rotatable bonds is 5. The summed E-state index contributed by atoms with van der Waals surface area (Å²) in [5, 5.41) is 5.50. The normalized spacial score (nSPS) is 14.9. The first kappa shape index (κ1) is 20.4. The van der Waals surface area contributed by atoms with E-state index < -0.39 is 0 Å². The van der Waals surface area contributed by atoms with Gasteiger partial charge in [0.2, 0.25) is 5.91 Å². The average molecular weight is 433 g/mol. The minimum absolute atomic E-state index is 0.0287. The zero-order chi connectivity index (χ0) is 22.1. The van der Waals surface area contributed by atoms with Crippen molar-refractivity contribution in [1.29, 1.82) is 0 Å². The summed E-state index contributed by atoms with van der Waals surface area (Å²) in [6.45, 7) is 5.70. The maximum Gasteiger partial charge on any atom is 0.244 e. The Bertz CT molecular complexity index is 1230. The molecular formula is C24H24FN5O2. The van der Waals surface area contributed by atoms with Gasteiger partial charge in [-0.2, -0.15) is 5.10 Å². The van der Waals surface area contributed by atoms with Crippen molar-refractivity contribution in [1.82, 2.24) is 24.6 Å². The quantitative estimate of drug-likeness (QED) is 0.482. The van der Waals surface area contributed by atoms with Gasteiger partial charge in [-0.3, -0.25) is 9.69 Å². The largest absolute Gasteiger partial charge is 0.464 e. The lowest BCUT2D eigenvalue weighted by Gasteiger charge is -2.34. The van der Waals surface area contributed by atoms with Gasteiger partial charge < -0.3 is 9.32 Å². The Morgan fingerprint density at radius 3 is 2.59 bits per heavy atom. The molecule has 0 aliphatic carbocycles. The van der Waals surface area contributed by atoms with E-state index in [-0.39, 0.29) is 18.3 Å². The number of benzene rings is 1. The molecule has 4 heterocycles. The summed E-state index contributed by atoms with van der Waals surface area (Å²) in [5.41, 5.74) is 3.49. The van der Waals surface area contributed by atoms with E-state index in [1.807, 2.05) is 42.2 Å². The molecule has 0 spiro atoms. The molecule has 3 aromatic heterocycles. The van der Waals surface area contributed by atoms with E-state index in [0.717, 1.165) is 47.6 Å². The van der Waals surface area contributed by atoms with Crippen molar-refractivity contribution in [2.45, 2.75) is 20.0 Å². The Labute approximate surface area is 185 Å². The van der Waals surface area contributed by atoms with Crippen LogP contribution in [0.25, 0.3) is 22.4 Å². The molecular weight excluding hydrogens is 409 g/mol. The first-order chi connectivity index (χ1) is 15.6. The minimum atomic E-state index is -0.226. The topological polar surface area (TPSA) is 67.4 Å². The van der Waals surface area contributed by atoms with E-state index >= 15 is 0 Å². The first-order valence-corrected chi connectivity index (χ1v) is 10.7. The maximum atomic E-state index is 13.1. The highest BCUT2D eigenvalue weighted by molar-refractivity contribution is 5.93. The van der Waals surface area contributed by atoms with Crippen LogP contribution in [0, 0.1) is 12.7 Å². The van der Waals surface area contributed by atoms with Gasteiger partial charge in [0.1, 0.15) is 18.1 Å². The molecule has 1 fully saturated rings. The third-order valence-electron chi connectivity index (χ3n) is 5.92. The third kappa shape index (κ3) is 4.01. The van der Waals surface area contributed by atoms with Gasteiger partial charge in [0, 0.05) is 44.5 Å². The molecule has 5 rings (SSSR count). The van der Waals surface area contributed by atoms with Crippen LogP contribution in [0.5, 0.6) is 0 Å². The van der Waals surface area contributed by atoms with Gasteiger partial charge in [-0.1, -0.05) is 12.1 Å². The predicted octanol–water partition coefficient (Wildman–Crippen LogP) is 3.48. The molecule has 0 unspecified atom stereocenters. The number of carbonyl (C=O) groups excluding carboxylic acids is 1. The lowest BCUT2D eigenvalue weighted by molar-refractivity contribution is -0.133. The highest BCUT2D eigenvalue weighted by atomic mass is 19.1. The number of aryl methyl sites for hydroxylation is 1. The second kappa shape index (κ2) is 8.55. The van der Waals surface area contributed by atoms with Gasteiger partial charge >= 0.3 is 0 Å². The molecule has 8 heteroatoms. The Morgan fingerprint density at radius 2 is 1.88 bits per heavy atom. The van der Waals surface area contributed by atoms with Crippen molar-refractivity contribution in [2.24, 2.45) is 0 Å². The van der Waals surface area contributed by atoms with Crippen LogP contribution in [0.1, 0.15) is 11.3 Å². The molecule has 164 valence electrons. The van der Waals surface area contributed by atoms with Crippen LogP contribution < -0.4 is 0 Å². The molecule has 1 aliphatic rings. The van der Waals surface area contributed by atoms with Gasteiger partial charge in [-0.05, 0) is 42.8 Å². The van der Waals surface area contributed by atoms with Crippen molar-refractivity contribution in [3.05, 3.63) is 72.0 Å². The van der Waals surface area contributed by atoms with Crippen LogP contribution >= 0.6 is 0 Å². The highest BCUT2D eigenvalue weighted by Gasteiger charge is 2.23. The van der Waals surface area contributed by atoms with E-state index in [0.29, 0.717) is 18.7 Å². The van der Waals surface area contributed by atoms with Crippen molar-refractivity contribution in [3.8, 4) is 11.3 Å². The monoisotopic (exact) mass is 433 g/mol. The molecule has 0 saturated carbocycles. The number of halogens is 1. The fourth-order valence-electron chi connectivity index (χ4n) is 4.26. The number of piperazine rings is 1. The fourth-order valence-corrected chi connectivity index (χ4v) is 4.26. The van der Waals surface area contributed by atoms with Crippen LogP contribution in [0.3, 0.4) is 0 Å². The molecule has 1 aromatic carbocycles. The number of hydrogen-bond acceptors (Lipinski definition) is 5. The number of carbonyl (C=O) groups is 1. The number of nitrogens with zero attached hydrogens (tertiary/aromatic N) is 5. The van der Waals surface area contributed by atoms with Crippen LogP contribution in [0.2, 0.25) is 0 Å². The van der Waals surface area contributed by atoms with Crippen molar-refractivity contribution < 1.29 is 13.6 Å². The second-order valence-corrected chi connectivity index (χ2v) is 8.06. The molecule has 0 atom stereocenters. The first-order valence-electron chi connectivity index (χ1n) is 10.7. The van der Waals surface area contributed by atoms with Crippen molar-refractivity contribution in [3.63, 3.8) is 0 Å². The summed E-state index contributed by atoms with van der Waals surface area (Å²) in [5.74, 6) is 0.556. The number of pyridine rings is 1. The third-order valence-corrected chi connectivity index (χ3v) is 5.92. The van der Waals surface area contributed by atoms with Crippen molar-refractivity contribution in [2.75, 3.05) is 26.2 Å². The fraction of sp³-hybridized carbons (Fsp3) is 0.292. The summed E-state index contributed by atoms with van der Waals surface area (Å²) in [6.07, 6.45) is 3.36. The summed E-state index contributed by atoms with van der Waals surface area (Å²) in [6, 6.07) is 12.2. The Morgan fingerprint density at radius 1 is 1.09 bits per heavy atom. The SMILES string of the molecule is Cc1nn(CC(=O)N2CCN(Cc3ccc(F)cc3)CC2)c2nccc(-c3ccco3)c12. The molecule has 1 saturated heterocycles. The van der Waals surface area contributed by atoms with Crippen molar-refractivity contribution >= 4 is 16.9 Å². The highest BCUT2D eigenvalue weighted by Crippen LogP contribution is 2.30. The lowest BCUT2D eigenvalue weighted by Crippen LogP contribution is -2.49. The summed E-state index contributed by atoms with van der Waals surface area (Å²) in [4.78, 5) is 21.6. The van der Waals surface area contributed by atoms with Crippen LogP contribution in [0.4, 0.5) is 4.39 Å². The number of hydrogen-bond donors (Lipinski definition) is 0. The molecule has 4 aromatic rings. The molecule has 7 nitrogen and oxygen atoms in total. The minimum Gasteiger partial charge on any atom is -0.464 e. The summed E-state index contributed by atoms with van der Waals surface area (Å²) in [7, 11) is 0. The second-order valence-electron chi connectivity index (χ2n) is 8.06. The standard InChI is InChI=1S/C24H24FN5O2/c1-17-23-20(21-3-2-14-32-21)8-9-26-24(23)30(27-17)16-22(31)29-12-10-28(11-13-29)15-18-4-6-19(25)7-5-18/h2-9,14H,10-13,15-16H2,1H3. The average Bonchev–Trinajstić information content (AvgIpc) is 3.45. The number of aromatic nitrogens is 3. The Hall–Kier alpha value is -3.52. The maximum absolute atomic E-state index is 13.1. The van der Waals surface area contributed by atoms with Gasteiger partial charge in [0.25, 0.3) is 0 Å². The molecule has 32 heavy (non-hydrogen) atoms. The van der Waals surface area contributed by atoms with Crippen LogP contribution in [0.15, 0.2) is 59.3 Å². The number of furan rings is 1. The van der Waals surface area contributed by atoms with Gasteiger partial charge in [0.15, 0.2) is 5.65 Å². The van der Waals surface area contributed by atoms with Gasteiger partial charge in [-0.15, -0.1) is 0 Å². The van der Waals surface area contributed by atoms with Crippen LogP contribution in [-0.4, -0.2) is 56.7 Å². The zero-order valence-corrected chi connectivity index (χ0v) is 17.9. The molecule has 0 radical (unpaired) electrons. The molecule has 1 amide bonds. The van der Waals surface area contributed by atoms with E-state index in [9.17, 15) is 9.18 Å². The number of fused-ring (bicyclic) bond motifs is 1. The van der Waals surface area contributed by atoms with Crippen LogP contribution in [-0.2, 0) is 17.9 Å². The Kier molecular flexibility index (Phi) is 5.45. The molecule has 0 N–H and O–H groups in total. The number of amides is 1. The Balaban J connectivity index is 1.26. The lowest BCUT2D eigenvalue weighted by atomic mass is 10.1. The predicted molar refractivity (Wildman–Crippen MR) is 118 cm³/mol. The summed E-state index contributed by atoms with van der Waals surface area (Å²) < 4.78 is 20.4. The summed E-state index contributed by atoms with van der Waals surface area (Å²) >= 11 is 0. The molecule has 1 aliphatic heterocycles. The van der Waals surface area contributed by atoms with E-state index in [1.165, 1.54) is 12.1 Å². The van der Waals surface area contributed by atoms with E-state index in [4.69, 9.17) is 4.42 Å².